The van der Waals surface area contributed by atoms with E-state index in [1.807, 2.05) is 24.6 Å². The van der Waals surface area contributed by atoms with Crippen molar-refractivity contribution in [2.75, 3.05) is 5.32 Å². The molecule has 0 radical (unpaired) electrons. The van der Waals surface area contributed by atoms with E-state index in [4.69, 9.17) is 0 Å². The number of nitrogens with one attached hydrogen (secondary N) is 1. The van der Waals surface area contributed by atoms with Crippen LogP contribution in [0.1, 0.15) is 37.6 Å². The lowest BCUT2D eigenvalue weighted by molar-refractivity contribution is 0.445. The van der Waals surface area contributed by atoms with Crippen LogP contribution in [0.5, 0.6) is 0 Å². The lowest BCUT2D eigenvalue weighted by Crippen LogP contribution is -2.29. The fourth-order valence-electron chi connectivity index (χ4n) is 2.57. The molecule has 6 nitrogen and oxygen atoms in total. The molecule has 21 heavy (non-hydrogen) atoms. The molecule has 0 atom stereocenters. The van der Waals surface area contributed by atoms with Gasteiger partial charge in [0.15, 0.2) is 0 Å². The zero-order chi connectivity index (χ0) is 14.8. The smallest absolute Gasteiger partial charge is 0.269 e. The second-order valence-electron chi connectivity index (χ2n) is 5.61. The molecule has 2 aromatic heterocycles. The van der Waals surface area contributed by atoms with Crippen molar-refractivity contribution in [2.45, 2.75) is 52.2 Å². The summed E-state index contributed by atoms with van der Waals surface area (Å²) < 4.78 is 3.39. The van der Waals surface area contributed by atoms with E-state index in [9.17, 15) is 4.79 Å². The summed E-state index contributed by atoms with van der Waals surface area (Å²) in [6, 6.07) is 4.13. The maximum atomic E-state index is 12.2. The molecule has 0 aromatic carbocycles. The number of aryl methyl sites for hydroxylation is 2. The predicted octanol–water partition coefficient (Wildman–Crippen LogP) is 1.78. The van der Waals surface area contributed by atoms with Gasteiger partial charge in [0.1, 0.15) is 0 Å². The van der Waals surface area contributed by atoms with E-state index < -0.39 is 0 Å². The normalized spacial score (nSPS) is 15.0. The third-order valence-corrected chi connectivity index (χ3v) is 3.94. The first-order valence-corrected chi connectivity index (χ1v) is 7.52. The summed E-state index contributed by atoms with van der Waals surface area (Å²) in [6.45, 7) is 5.24. The average Bonchev–Trinajstić information content (AvgIpc) is 2.77. The molecule has 1 N–H and O–H groups in total. The first-order chi connectivity index (χ1) is 10.2. The highest BCUT2D eigenvalue weighted by Gasteiger charge is 2.17. The van der Waals surface area contributed by atoms with Gasteiger partial charge in [-0.2, -0.15) is 10.2 Å². The molecule has 0 aliphatic heterocycles. The first kappa shape index (κ1) is 13.9. The lowest BCUT2D eigenvalue weighted by Gasteiger charge is -2.27. The highest BCUT2D eigenvalue weighted by molar-refractivity contribution is 5.40. The minimum atomic E-state index is -0.0826. The molecular formula is C15H21N5O. The third-order valence-electron chi connectivity index (χ3n) is 3.94. The number of anilines is 1. The van der Waals surface area contributed by atoms with E-state index in [0.717, 1.165) is 23.6 Å². The van der Waals surface area contributed by atoms with Gasteiger partial charge in [0, 0.05) is 18.7 Å². The molecule has 1 aliphatic carbocycles. The molecule has 2 heterocycles. The van der Waals surface area contributed by atoms with E-state index in [1.165, 1.54) is 23.9 Å². The van der Waals surface area contributed by atoms with Crippen LogP contribution in [0.15, 0.2) is 23.1 Å². The van der Waals surface area contributed by atoms with Crippen LogP contribution >= 0.6 is 0 Å². The molecule has 112 valence electrons. The van der Waals surface area contributed by atoms with E-state index >= 15 is 0 Å². The summed E-state index contributed by atoms with van der Waals surface area (Å²) in [5, 5.41) is 12.0. The van der Waals surface area contributed by atoms with E-state index in [2.05, 4.69) is 15.5 Å². The summed E-state index contributed by atoms with van der Waals surface area (Å²) in [5.74, 6) is 0. The molecule has 0 spiro atoms. The zero-order valence-corrected chi connectivity index (χ0v) is 12.5. The number of hydrogen-bond acceptors (Lipinski definition) is 4. The van der Waals surface area contributed by atoms with Crippen molar-refractivity contribution in [1.82, 2.24) is 19.6 Å². The maximum Gasteiger partial charge on any atom is 0.269 e. The summed E-state index contributed by atoms with van der Waals surface area (Å²) >= 11 is 0. The molecule has 0 amide bonds. The van der Waals surface area contributed by atoms with Gasteiger partial charge in [-0.3, -0.25) is 9.48 Å². The van der Waals surface area contributed by atoms with Crippen LogP contribution < -0.4 is 10.9 Å². The second-order valence-corrected chi connectivity index (χ2v) is 5.61. The Morgan fingerprint density at radius 1 is 1.33 bits per heavy atom. The third kappa shape index (κ3) is 2.99. The standard InChI is InChI=1S/C15H21N5O/c1-3-19-14(7-11(2)18-19)10-20-15(21)8-13(9-16-20)17-12-5-4-6-12/h7-9,12,17H,3-6,10H2,1-2H3. The van der Waals surface area contributed by atoms with Crippen molar-refractivity contribution in [1.29, 1.82) is 0 Å². The van der Waals surface area contributed by atoms with Crippen LogP contribution in [0.4, 0.5) is 5.69 Å². The van der Waals surface area contributed by atoms with Crippen molar-refractivity contribution in [2.24, 2.45) is 0 Å². The molecule has 0 unspecified atom stereocenters. The Balaban J connectivity index is 1.77. The Bertz CT molecular complexity index is 684. The van der Waals surface area contributed by atoms with Gasteiger partial charge in [0.2, 0.25) is 0 Å². The Labute approximate surface area is 123 Å². The van der Waals surface area contributed by atoms with Gasteiger partial charge in [-0.25, -0.2) is 4.68 Å². The molecule has 1 saturated carbocycles. The number of rotatable bonds is 5. The summed E-state index contributed by atoms with van der Waals surface area (Å²) in [6.07, 6.45) is 5.36. The van der Waals surface area contributed by atoms with Crippen LogP contribution in [0, 0.1) is 6.92 Å². The Morgan fingerprint density at radius 3 is 2.76 bits per heavy atom. The van der Waals surface area contributed by atoms with Crippen molar-refractivity contribution in [3.05, 3.63) is 40.1 Å². The van der Waals surface area contributed by atoms with E-state index in [0.29, 0.717) is 12.6 Å². The molecule has 0 bridgehead atoms. The molecule has 6 heteroatoms. The largest absolute Gasteiger partial charge is 0.381 e. The number of aromatic nitrogens is 4. The van der Waals surface area contributed by atoms with Crippen molar-refractivity contribution in [3.8, 4) is 0 Å². The van der Waals surface area contributed by atoms with Crippen molar-refractivity contribution >= 4 is 5.69 Å². The Hall–Kier alpha value is -2.11. The SMILES string of the molecule is CCn1nc(C)cc1Cn1ncc(NC2CCC2)cc1=O. The van der Waals surface area contributed by atoms with E-state index in [1.54, 1.807) is 12.3 Å². The van der Waals surface area contributed by atoms with Crippen molar-refractivity contribution in [3.63, 3.8) is 0 Å². The Morgan fingerprint density at radius 2 is 2.14 bits per heavy atom. The monoisotopic (exact) mass is 287 g/mol. The predicted molar refractivity (Wildman–Crippen MR) is 81.5 cm³/mol. The average molecular weight is 287 g/mol. The quantitative estimate of drug-likeness (QED) is 0.910. The maximum absolute atomic E-state index is 12.2. The van der Waals surface area contributed by atoms with Crippen LogP contribution in [0.25, 0.3) is 0 Å². The minimum Gasteiger partial charge on any atom is -0.381 e. The minimum absolute atomic E-state index is 0.0826. The van der Waals surface area contributed by atoms with Gasteiger partial charge in [-0.1, -0.05) is 0 Å². The molecule has 1 aliphatic rings. The van der Waals surface area contributed by atoms with Crippen LogP contribution in [0.2, 0.25) is 0 Å². The zero-order valence-electron chi connectivity index (χ0n) is 12.5. The summed E-state index contributed by atoms with van der Waals surface area (Å²) in [5.41, 5.74) is 2.70. The first-order valence-electron chi connectivity index (χ1n) is 7.52. The Kier molecular flexibility index (Phi) is 3.77. The van der Waals surface area contributed by atoms with E-state index in [-0.39, 0.29) is 5.56 Å². The van der Waals surface area contributed by atoms with Crippen LogP contribution in [-0.2, 0) is 13.1 Å². The highest BCUT2D eigenvalue weighted by Crippen LogP contribution is 2.22. The molecule has 3 rings (SSSR count). The summed E-state index contributed by atoms with van der Waals surface area (Å²) in [4.78, 5) is 12.2. The number of hydrogen-bond donors (Lipinski definition) is 1. The fourth-order valence-corrected chi connectivity index (χ4v) is 2.57. The topological polar surface area (TPSA) is 64.7 Å². The molecule has 2 aromatic rings. The fraction of sp³-hybridized carbons (Fsp3) is 0.533. The second kappa shape index (κ2) is 5.71. The lowest BCUT2D eigenvalue weighted by atomic mass is 9.93. The molecule has 0 saturated heterocycles. The van der Waals surface area contributed by atoms with Gasteiger partial charge in [-0.05, 0) is 39.2 Å². The van der Waals surface area contributed by atoms with Gasteiger partial charge < -0.3 is 5.32 Å². The van der Waals surface area contributed by atoms with Gasteiger partial charge >= 0.3 is 0 Å². The van der Waals surface area contributed by atoms with Crippen molar-refractivity contribution < 1.29 is 0 Å². The van der Waals surface area contributed by atoms with Crippen LogP contribution in [0.3, 0.4) is 0 Å². The highest BCUT2D eigenvalue weighted by atomic mass is 16.1. The van der Waals surface area contributed by atoms with Gasteiger partial charge in [0.25, 0.3) is 5.56 Å². The van der Waals surface area contributed by atoms with Gasteiger partial charge in [-0.15, -0.1) is 0 Å². The molecule has 1 fully saturated rings. The van der Waals surface area contributed by atoms with Crippen LogP contribution in [-0.4, -0.2) is 25.6 Å². The molecular weight excluding hydrogens is 266 g/mol. The number of nitrogens with zero attached hydrogens (tertiary/aromatic N) is 4. The summed E-state index contributed by atoms with van der Waals surface area (Å²) in [7, 11) is 0. The van der Waals surface area contributed by atoms with Gasteiger partial charge in [0.05, 0.1) is 29.8 Å².